The van der Waals surface area contributed by atoms with Crippen LogP contribution >= 0.6 is 0 Å². The number of unbranched alkanes of at least 4 members (excludes halogenated alkanes) is 4. The summed E-state index contributed by atoms with van der Waals surface area (Å²) >= 11 is 0. The van der Waals surface area contributed by atoms with Gasteiger partial charge in [-0.05, 0) is 25.8 Å². The zero-order valence-corrected chi connectivity index (χ0v) is 20.0. The van der Waals surface area contributed by atoms with Crippen molar-refractivity contribution < 1.29 is 29.0 Å². The van der Waals surface area contributed by atoms with E-state index in [4.69, 9.17) is 9.84 Å². The molecule has 1 rings (SSSR count). The molecule has 0 bridgehead atoms. The molecular weight excluding hydrogens is 410 g/mol. The number of ether oxygens (including phenoxy) is 1. The molecular formula is C25H39NO6. The molecule has 0 spiro atoms. The number of carbonyl (C=O) groups excluding carboxylic acids is 3. The summed E-state index contributed by atoms with van der Waals surface area (Å²) in [4.78, 5) is 45.8. The Morgan fingerprint density at radius 2 is 1.50 bits per heavy atom. The van der Waals surface area contributed by atoms with Gasteiger partial charge in [-0.25, -0.2) is 0 Å². The Morgan fingerprint density at radius 1 is 0.906 bits per heavy atom. The number of aliphatic carboxylic acids is 1. The van der Waals surface area contributed by atoms with Gasteiger partial charge >= 0.3 is 11.9 Å². The fraction of sp³-hybridized carbons (Fsp3) is 0.600. The van der Waals surface area contributed by atoms with Crippen LogP contribution in [0.25, 0.3) is 0 Å². The first-order chi connectivity index (χ1) is 15.2. The first kappa shape index (κ1) is 29.3. The number of benzene rings is 1. The second kappa shape index (κ2) is 17.9. The van der Waals surface area contributed by atoms with Crippen molar-refractivity contribution in [2.45, 2.75) is 79.1 Å². The van der Waals surface area contributed by atoms with Crippen molar-refractivity contribution in [3.8, 4) is 0 Å². The second-order valence-electron chi connectivity index (χ2n) is 7.52. The fourth-order valence-corrected chi connectivity index (χ4v) is 3.02. The van der Waals surface area contributed by atoms with Gasteiger partial charge in [0.15, 0.2) is 5.78 Å². The maximum absolute atomic E-state index is 12.1. The molecule has 0 aliphatic heterocycles. The molecule has 7 heteroatoms. The SMILES string of the molecule is CCCCCCCC(=O)c1ccc(CCOC(=O)CC(=O)O)cc1.CCN(CC)C(C)=O. The smallest absolute Gasteiger partial charge is 0.317 e. The number of esters is 1. The summed E-state index contributed by atoms with van der Waals surface area (Å²) in [5.41, 5.74) is 1.65. The van der Waals surface area contributed by atoms with Gasteiger partial charge in [-0.15, -0.1) is 0 Å². The normalized spacial score (nSPS) is 10.0. The van der Waals surface area contributed by atoms with Crippen LogP contribution in [0.5, 0.6) is 0 Å². The number of rotatable bonds is 14. The van der Waals surface area contributed by atoms with Gasteiger partial charge in [0, 0.05) is 38.4 Å². The predicted octanol–water partition coefficient (Wildman–Crippen LogP) is 4.66. The molecule has 32 heavy (non-hydrogen) atoms. The third-order valence-corrected chi connectivity index (χ3v) is 4.94. The minimum absolute atomic E-state index is 0.136. The number of carboxylic acids is 1. The minimum atomic E-state index is -1.20. The molecule has 0 atom stereocenters. The van der Waals surface area contributed by atoms with E-state index in [0.717, 1.165) is 31.5 Å². The van der Waals surface area contributed by atoms with Crippen LogP contribution in [0.15, 0.2) is 24.3 Å². The lowest BCUT2D eigenvalue weighted by Gasteiger charge is -2.14. The third kappa shape index (κ3) is 14.3. The van der Waals surface area contributed by atoms with Gasteiger partial charge in [0.2, 0.25) is 5.91 Å². The van der Waals surface area contributed by atoms with Gasteiger partial charge in [0.25, 0.3) is 0 Å². The molecule has 1 aromatic rings. The van der Waals surface area contributed by atoms with Gasteiger partial charge in [0.1, 0.15) is 6.42 Å². The van der Waals surface area contributed by atoms with Crippen molar-refractivity contribution in [2.24, 2.45) is 0 Å². The number of ketones is 1. The Kier molecular flexibility index (Phi) is 16.4. The molecule has 0 aliphatic carbocycles. The lowest BCUT2D eigenvalue weighted by atomic mass is 10.0. The Balaban J connectivity index is 0.00000102. The van der Waals surface area contributed by atoms with Crippen LogP contribution in [0.2, 0.25) is 0 Å². The van der Waals surface area contributed by atoms with E-state index in [1.54, 1.807) is 24.0 Å². The number of carbonyl (C=O) groups is 4. The summed E-state index contributed by atoms with van der Waals surface area (Å²) in [5, 5.41) is 8.45. The summed E-state index contributed by atoms with van der Waals surface area (Å²) in [6.45, 7) is 9.50. The van der Waals surface area contributed by atoms with Crippen LogP contribution in [0.4, 0.5) is 0 Å². The Labute approximate surface area is 192 Å². The lowest BCUT2D eigenvalue weighted by molar-refractivity contribution is -0.151. The highest BCUT2D eigenvalue weighted by atomic mass is 16.5. The molecule has 0 heterocycles. The molecule has 7 nitrogen and oxygen atoms in total. The molecule has 180 valence electrons. The van der Waals surface area contributed by atoms with E-state index in [0.29, 0.717) is 18.4 Å². The number of nitrogens with zero attached hydrogens (tertiary/aromatic N) is 1. The quantitative estimate of drug-likeness (QED) is 0.192. The zero-order chi connectivity index (χ0) is 24.4. The Bertz CT molecular complexity index is 695. The summed E-state index contributed by atoms with van der Waals surface area (Å²) < 4.78 is 4.83. The van der Waals surface area contributed by atoms with Gasteiger partial charge in [-0.3, -0.25) is 19.2 Å². The molecule has 1 amide bonds. The largest absolute Gasteiger partial charge is 0.481 e. The van der Waals surface area contributed by atoms with Crippen molar-refractivity contribution in [2.75, 3.05) is 19.7 Å². The number of Topliss-reactive ketones (excluding diaryl/α,β-unsaturated/α-hetero) is 1. The van der Waals surface area contributed by atoms with Crippen LogP contribution in [0, 0.1) is 0 Å². The monoisotopic (exact) mass is 449 g/mol. The van der Waals surface area contributed by atoms with E-state index < -0.39 is 18.4 Å². The molecule has 0 fully saturated rings. The predicted molar refractivity (Wildman–Crippen MR) is 125 cm³/mol. The van der Waals surface area contributed by atoms with Crippen LogP contribution in [-0.4, -0.2) is 53.3 Å². The average molecular weight is 450 g/mol. The first-order valence-corrected chi connectivity index (χ1v) is 11.5. The van der Waals surface area contributed by atoms with Crippen molar-refractivity contribution in [3.05, 3.63) is 35.4 Å². The molecule has 1 aromatic carbocycles. The number of hydrogen-bond donors (Lipinski definition) is 1. The lowest BCUT2D eigenvalue weighted by Crippen LogP contribution is -2.27. The van der Waals surface area contributed by atoms with Crippen LogP contribution < -0.4 is 0 Å². The van der Waals surface area contributed by atoms with Gasteiger partial charge in [0.05, 0.1) is 6.61 Å². The van der Waals surface area contributed by atoms with E-state index in [1.807, 2.05) is 26.0 Å². The highest BCUT2D eigenvalue weighted by Crippen LogP contribution is 2.12. The minimum Gasteiger partial charge on any atom is -0.481 e. The molecule has 0 radical (unpaired) electrons. The van der Waals surface area contributed by atoms with E-state index in [-0.39, 0.29) is 18.3 Å². The summed E-state index contributed by atoms with van der Waals surface area (Å²) in [7, 11) is 0. The van der Waals surface area contributed by atoms with Crippen molar-refractivity contribution >= 4 is 23.6 Å². The van der Waals surface area contributed by atoms with Crippen LogP contribution in [0.1, 0.15) is 88.6 Å². The van der Waals surface area contributed by atoms with Gasteiger partial charge < -0.3 is 14.7 Å². The maximum Gasteiger partial charge on any atom is 0.317 e. The Hall–Kier alpha value is -2.70. The highest BCUT2D eigenvalue weighted by molar-refractivity contribution is 5.96. The summed E-state index contributed by atoms with van der Waals surface area (Å²) in [6.07, 6.45) is 6.09. The molecule has 0 unspecified atom stereocenters. The van der Waals surface area contributed by atoms with E-state index in [1.165, 1.54) is 19.3 Å². The van der Waals surface area contributed by atoms with Gasteiger partial charge in [-0.1, -0.05) is 56.9 Å². The van der Waals surface area contributed by atoms with E-state index >= 15 is 0 Å². The van der Waals surface area contributed by atoms with Crippen LogP contribution in [-0.2, 0) is 25.5 Å². The van der Waals surface area contributed by atoms with Crippen molar-refractivity contribution in [1.82, 2.24) is 4.90 Å². The summed E-state index contributed by atoms with van der Waals surface area (Å²) in [6, 6.07) is 7.27. The second-order valence-corrected chi connectivity index (χ2v) is 7.52. The highest BCUT2D eigenvalue weighted by Gasteiger charge is 2.09. The van der Waals surface area contributed by atoms with Gasteiger partial charge in [-0.2, -0.15) is 0 Å². The van der Waals surface area contributed by atoms with E-state index in [2.05, 4.69) is 6.92 Å². The van der Waals surface area contributed by atoms with Crippen LogP contribution in [0.3, 0.4) is 0 Å². The number of amides is 1. The molecule has 1 N–H and O–H groups in total. The number of carboxylic acid groups (broad SMARTS) is 1. The Morgan fingerprint density at radius 3 is 1.97 bits per heavy atom. The molecule has 0 saturated heterocycles. The summed E-state index contributed by atoms with van der Waals surface area (Å²) in [5.74, 6) is -1.61. The number of hydrogen-bond acceptors (Lipinski definition) is 5. The zero-order valence-electron chi connectivity index (χ0n) is 20.0. The average Bonchev–Trinajstić information content (AvgIpc) is 2.74. The maximum atomic E-state index is 12.1. The molecule has 0 aliphatic rings. The third-order valence-electron chi connectivity index (χ3n) is 4.94. The van der Waals surface area contributed by atoms with E-state index in [9.17, 15) is 19.2 Å². The standard InChI is InChI=1S/C19H26O5.C6H13NO/c1-2-3-4-5-6-7-17(20)16-10-8-15(9-11-16)12-13-24-19(23)14-18(21)22;1-4-7(5-2)6(3)8/h8-11H,2-7,12-14H2,1H3,(H,21,22);4-5H2,1-3H3. The van der Waals surface area contributed by atoms with Crippen molar-refractivity contribution in [1.29, 1.82) is 0 Å². The topological polar surface area (TPSA) is 101 Å². The fourth-order valence-electron chi connectivity index (χ4n) is 3.02. The van der Waals surface area contributed by atoms with Crippen molar-refractivity contribution in [3.63, 3.8) is 0 Å². The molecule has 0 aromatic heterocycles. The first-order valence-electron chi connectivity index (χ1n) is 11.5. The molecule has 0 saturated carbocycles.